The average molecular weight is 140 g/mol. The molecule has 0 amide bonds. The molecule has 1 rings (SSSR count). The quantitative estimate of drug-likeness (QED) is 0.578. The van der Waals surface area contributed by atoms with E-state index in [-0.39, 0.29) is 6.29 Å². The zero-order chi connectivity index (χ0) is 7.40. The maximum Gasteiger partial charge on any atom is 0.183 e. The van der Waals surface area contributed by atoms with Crippen molar-refractivity contribution in [1.82, 2.24) is 0 Å². The lowest BCUT2D eigenvalue weighted by atomic mass is 10.2. The van der Waals surface area contributed by atoms with Crippen molar-refractivity contribution < 1.29 is 9.47 Å². The Morgan fingerprint density at radius 1 is 1.90 bits per heavy atom. The van der Waals surface area contributed by atoms with Crippen LogP contribution in [0.3, 0.4) is 0 Å². The van der Waals surface area contributed by atoms with Crippen LogP contribution in [0.2, 0.25) is 0 Å². The first-order valence-corrected chi connectivity index (χ1v) is 3.35. The Kier molecular flexibility index (Phi) is 2.66. The van der Waals surface area contributed by atoms with Crippen molar-refractivity contribution in [3.8, 4) is 0 Å². The van der Waals surface area contributed by atoms with Gasteiger partial charge in [0.25, 0.3) is 0 Å². The molecule has 1 aliphatic rings. The van der Waals surface area contributed by atoms with Crippen molar-refractivity contribution in [3.63, 3.8) is 0 Å². The van der Waals surface area contributed by atoms with Crippen molar-refractivity contribution in [2.24, 2.45) is 0 Å². The van der Waals surface area contributed by atoms with E-state index in [1.165, 1.54) is 0 Å². The lowest BCUT2D eigenvalue weighted by molar-refractivity contribution is -0.101. The molecule has 0 aromatic carbocycles. The number of rotatable bonds is 2. The van der Waals surface area contributed by atoms with Gasteiger partial charge in [-0.3, -0.25) is 0 Å². The van der Waals surface area contributed by atoms with Gasteiger partial charge in [-0.05, 0) is 6.42 Å². The van der Waals surface area contributed by atoms with E-state index in [1.807, 2.05) is 0 Å². The van der Waals surface area contributed by atoms with Crippen molar-refractivity contribution in [2.45, 2.75) is 12.7 Å². The van der Waals surface area contributed by atoms with Gasteiger partial charge < -0.3 is 9.47 Å². The van der Waals surface area contributed by atoms with E-state index in [0.29, 0.717) is 0 Å². The minimum absolute atomic E-state index is 0.189. The third-order valence-electron chi connectivity index (χ3n) is 1.49. The van der Waals surface area contributed by atoms with Crippen molar-refractivity contribution in [2.75, 3.05) is 13.7 Å². The second kappa shape index (κ2) is 3.54. The van der Waals surface area contributed by atoms with Gasteiger partial charge >= 0.3 is 0 Å². The summed E-state index contributed by atoms with van der Waals surface area (Å²) in [4.78, 5) is 0. The lowest BCUT2D eigenvalue weighted by Crippen LogP contribution is -2.21. The molecule has 0 aliphatic carbocycles. The molecule has 0 bridgehead atoms. The number of hydrogen-bond acceptors (Lipinski definition) is 2. The first kappa shape index (κ1) is 7.51. The van der Waals surface area contributed by atoms with Gasteiger partial charge in [0.05, 0.1) is 6.61 Å². The topological polar surface area (TPSA) is 18.5 Å². The highest BCUT2D eigenvalue weighted by atomic mass is 16.7. The van der Waals surface area contributed by atoms with E-state index in [9.17, 15) is 0 Å². The summed E-state index contributed by atoms with van der Waals surface area (Å²) in [7, 11) is 1.63. The van der Waals surface area contributed by atoms with Crippen LogP contribution in [0.4, 0.5) is 0 Å². The minimum Gasteiger partial charge on any atom is -0.352 e. The first-order chi connectivity index (χ1) is 4.88. The molecule has 0 fully saturated rings. The van der Waals surface area contributed by atoms with Gasteiger partial charge in [0.15, 0.2) is 6.29 Å². The fraction of sp³-hybridized carbons (Fsp3) is 0.500. The molecule has 2 heteroatoms. The Morgan fingerprint density at radius 2 is 2.70 bits per heavy atom. The van der Waals surface area contributed by atoms with Crippen LogP contribution in [0.15, 0.2) is 24.3 Å². The Balaban J connectivity index is 2.62. The Hall–Kier alpha value is -0.600. The van der Waals surface area contributed by atoms with Crippen molar-refractivity contribution in [3.05, 3.63) is 24.3 Å². The van der Waals surface area contributed by atoms with Crippen LogP contribution < -0.4 is 0 Å². The van der Waals surface area contributed by atoms with Crippen molar-refractivity contribution in [1.29, 1.82) is 0 Å². The normalized spacial score (nSPS) is 25.7. The molecule has 1 heterocycles. The summed E-state index contributed by atoms with van der Waals surface area (Å²) in [6.07, 6.45) is 4.63. The number of methoxy groups -OCH3 is 1. The largest absolute Gasteiger partial charge is 0.352 e. The van der Waals surface area contributed by atoms with Gasteiger partial charge in [-0.15, -0.1) is 0 Å². The fourth-order valence-electron chi connectivity index (χ4n) is 0.977. The number of hydrogen-bond donors (Lipinski definition) is 0. The second-order valence-electron chi connectivity index (χ2n) is 2.14. The summed E-state index contributed by atoms with van der Waals surface area (Å²) in [5.74, 6) is 0. The Morgan fingerprint density at radius 3 is 3.20 bits per heavy atom. The molecule has 0 saturated heterocycles. The molecule has 56 valence electrons. The van der Waals surface area contributed by atoms with E-state index >= 15 is 0 Å². The maximum atomic E-state index is 5.27. The molecule has 0 aromatic rings. The standard InChI is InChI=1S/C8H12O2/c1-3-7-5-4-6-10-8(7)9-2/h3,5,8H,1,4,6H2,2H3. The summed E-state index contributed by atoms with van der Waals surface area (Å²) in [5.41, 5.74) is 1.04. The third-order valence-corrected chi connectivity index (χ3v) is 1.49. The zero-order valence-electron chi connectivity index (χ0n) is 6.17. The molecule has 0 N–H and O–H groups in total. The molecule has 1 unspecified atom stereocenters. The minimum atomic E-state index is -0.189. The van der Waals surface area contributed by atoms with E-state index in [1.54, 1.807) is 13.2 Å². The fourth-order valence-corrected chi connectivity index (χ4v) is 0.977. The van der Waals surface area contributed by atoms with Crippen molar-refractivity contribution >= 4 is 0 Å². The van der Waals surface area contributed by atoms with Crippen LogP contribution in [0.25, 0.3) is 0 Å². The van der Waals surface area contributed by atoms with Crippen LogP contribution in [0.1, 0.15) is 6.42 Å². The Labute approximate surface area is 61.1 Å². The van der Waals surface area contributed by atoms with Gasteiger partial charge in [-0.1, -0.05) is 18.7 Å². The Bertz CT molecular complexity index is 149. The first-order valence-electron chi connectivity index (χ1n) is 3.35. The molecule has 0 spiro atoms. The molecular formula is C8H12O2. The maximum absolute atomic E-state index is 5.27. The number of ether oxygens (including phenoxy) is 2. The predicted octanol–water partition coefficient (Wildman–Crippen LogP) is 1.49. The highest BCUT2D eigenvalue weighted by molar-refractivity contribution is 5.20. The molecule has 0 saturated carbocycles. The van der Waals surface area contributed by atoms with E-state index in [0.717, 1.165) is 18.6 Å². The second-order valence-corrected chi connectivity index (χ2v) is 2.14. The van der Waals surface area contributed by atoms with Crippen LogP contribution in [0, 0.1) is 0 Å². The lowest BCUT2D eigenvalue weighted by Gasteiger charge is -2.20. The molecule has 0 radical (unpaired) electrons. The smallest absolute Gasteiger partial charge is 0.183 e. The van der Waals surface area contributed by atoms with Gasteiger partial charge in [-0.25, -0.2) is 0 Å². The van der Waals surface area contributed by atoms with Crippen LogP contribution >= 0.6 is 0 Å². The van der Waals surface area contributed by atoms with E-state index in [2.05, 4.69) is 12.7 Å². The molecular weight excluding hydrogens is 128 g/mol. The molecule has 1 aliphatic heterocycles. The van der Waals surface area contributed by atoms with E-state index in [4.69, 9.17) is 9.47 Å². The molecule has 1 atom stereocenters. The van der Waals surface area contributed by atoms with Gasteiger partial charge in [0.2, 0.25) is 0 Å². The summed E-state index contributed by atoms with van der Waals surface area (Å²) >= 11 is 0. The monoisotopic (exact) mass is 140 g/mol. The third kappa shape index (κ3) is 1.46. The van der Waals surface area contributed by atoms with Gasteiger partial charge in [0.1, 0.15) is 0 Å². The SMILES string of the molecule is C=CC1=CCCOC1OC. The summed E-state index contributed by atoms with van der Waals surface area (Å²) < 4.78 is 10.3. The van der Waals surface area contributed by atoms with E-state index < -0.39 is 0 Å². The summed E-state index contributed by atoms with van der Waals surface area (Å²) in [6.45, 7) is 4.40. The highest BCUT2D eigenvalue weighted by Gasteiger charge is 2.13. The predicted molar refractivity (Wildman–Crippen MR) is 39.6 cm³/mol. The summed E-state index contributed by atoms with van der Waals surface area (Å²) in [6, 6.07) is 0. The highest BCUT2D eigenvalue weighted by Crippen LogP contribution is 2.14. The van der Waals surface area contributed by atoms with Gasteiger partial charge in [-0.2, -0.15) is 0 Å². The molecule has 10 heavy (non-hydrogen) atoms. The zero-order valence-corrected chi connectivity index (χ0v) is 6.17. The average Bonchev–Trinajstić information content (AvgIpc) is 2.04. The van der Waals surface area contributed by atoms with Crippen LogP contribution in [-0.4, -0.2) is 20.0 Å². The van der Waals surface area contributed by atoms with Crippen LogP contribution in [0.5, 0.6) is 0 Å². The van der Waals surface area contributed by atoms with Gasteiger partial charge in [0, 0.05) is 12.7 Å². The summed E-state index contributed by atoms with van der Waals surface area (Å²) in [5, 5.41) is 0. The molecule has 0 aromatic heterocycles. The van der Waals surface area contributed by atoms with Crippen LogP contribution in [-0.2, 0) is 9.47 Å². The molecule has 2 nitrogen and oxygen atoms in total.